The SMILES string of the molecule is CC[C@]12CCC3(C[C@H]1CC[C@@H]1[C@@H]2CC[C@@]2(C)[C@H]1CCC21OCCO1)OCCO3. The zero-order valence-corrected chi connectivity index (χ0v) is 17.8. The van der Waals surface area contributed by atoms with Crippen molar-refractivity contribution in [2.24, 2.45) is 34.5 Å². The van der Waals surface area contributed by atoms with E-state index in [1.54, 1.807) is 0 Å². The highest BCUT2D eigenvalue weighted by atomic mass is 16.7. The van der Waals surface area contributed by atoms with Gasteiger partial charge in [0.25, 0.3) is 0 Å². The number of ether oxygens (including phenoxy) is 4. The number of rotatable bonds is 1. The lowest BCUT2D eigenvalue weighted by atomic mass is 9.43. The molecular weight excluding hydrogens is 352 g/mol. The van der Waals surface area contributed by atoms with Crippen LogP contribution in [0.2, 0.25) is 0 Å². The van der Waals surface area contributed by atoms with Crippen molar-refractivity contribution in [2.45, 2.75) is 89.6 Å². The molecule has 2 heterocycles. The molecule has 0 N–H and O–H groups in total. The smallest absolute Gasteiger partial charge is 0.174 e. The Bertz CT molecular complexity index is 622. The van der Waals surface area contributed by atoms with Crippen LogP contribution in [-0.4, -0.2) is 38.0 Å². The van der Waals surface area contributed by atoms with Crippen LogP contribution in [0.5, 0.6) is 0 Å². The first kappa shape index (κ1) is 18.6. The summed E-state index contributed by atoms with van der Waals surface area (Å²) in [5, 5.41) is 0. The van der Waals surface area contributed by atoms with Crippen molar-refractivity contribution in [3.8, 4) is 0 Å². The zero-order chi connectivity index (χ0) is 19.0. The van der Waals surface area contributed by atoms with Gasteiger partial charge in [0, 0.05) is 24.7 Å². The van der Waals surface area contributed by atoms with Crippen molar-refractivity contribution in [1.29, 1.82) is 0 Å². The standard InChI is InChI=1S/C24H38O4/c1-3-22-10-11-23(25-12-13-26-23)16-17(22)4-5-18-19-7-9-24(27-14-15-28-24)21(19,2)8-6-20(18)22/h17-20H,3-16H2,1-2H3/t17-,18+,19+,20+,21+,22+/m1/s1. The minimum Gasteiger partial charge on any atom is -0.348 e. The molecule has 0 radical (unpaired) electrons. The first-order chi connectivity index (χ1) is 13.6. The van der Waals surface area contributed by atoms with Gasteiger partial charge in [-0.1, -0.05) is 13.8 Å². The molecule has 28 heavy (non-hydrogen) atoms. The van der Waals surface area contributed by atoms with Gasteiger partial charge < -0.3 is 18.9 Å². The summed E-state index contributed by atoms with van der Waals surface area (Å²) in [6.07, 6.45) is 12.7. The van der Waals surface area contributed by atoms with Crippen molar-refractivity contribution in [2.75, 3.05) is 26.4 Å². The van der Waals surface area contributed by atoms with Crippen molar-refractivity contribution in [3.05, 3.63) is 0 Å². The molecule has 2 saturated heterocycles. The van der Waals surface area contributed by atoms with Crippen LogP contribution in [0, 0.1) is 34.5 Å². The van der Waals surface area contributed by atoms with Crippen LogP contribution >= 0.6 is 0 Å². The Labute approximate surface area is 170 Å². The van der Waals surface area contributed by atoms with E-state index in [1.807, 2.05) is 0 Å². The van der Waals surface area contributed by atoms with Crippen LogP contribution in [0.3, 0.4) is 0 Å². The average molecular weight is 391 g/mol. The van der Waals surface area contributed by atoms with Crippen LogP contribution < -0.4 is 0 Å². The van der Waals surface area contributed by atoms with Crippen molar-refractivity contribution in [1.82, 2.24) is 0 Å². The molecule has 6 aliphatic rings. The molecule has 6 fully saturated rings. The first-order valence-corrected chi connectivity index (χ1v) is 12.1. The summed E-state index contributed by atoms with van der Waals surface area (Å²) in [6, 6.07) is 0. The second kappa shape index (κ2) is 6.18. The van der Waals surface area contributed by atoms with Gasteiger partial charge >= 0.3 is 0 Å². The molecular formula is C24H38O4. The minimum atomic E-state index is -0.263. The molecule has 4 saturated carbocycles. The van der Waals surface area contributed by atoms with E-state index < -0.39 is 0 Å². The Morgan fingerprint density at radius 2 is 1.46 bits per heavy atom. The Kier molecular flexibility index (Phi) is 4.11. The molecule has 0 unspecified atom stereocenters. The van der Waals surface area contributed by atoms with E-state index >= 15 is 0 Å². The quantitative estimate of drug-likeness (QED) is 0.638. The zero-order valence-electron chi connectivity index (χ0n) is 17.8. The topological polar surface area (TPSA) is 36.9 Å². The van der Waals surface area contributed by atoms with E-state index in [-0.39, 0.29) is 17.0 Å². The Morgan fingerprint density at radius 3 is 2.21 bits per heavy atom. The lowest BCUT2D eigenvalue weighted by Gasteiger charge is -2.63. The molecule has 0 aromatic heterocycles. The van der Waals surface area contributed by atoms with Crippen molar-refractivity contribution >= 4 is 0 Å². The molecule has 158 valence electrons. The predicted molar refractivity (Wildman–Crippen MR) is 106 cm³/mol. The predicted octanol–water partition coefficient (Wildman–Crippen LogP) is 4.91. The fraction of sp³-hybridized carbons (Fsp3) is 1.00. The number of fused-ring (bicyclic) bond motifs is 6. The Balaban J connectivity index is 1.30. The average Bonchev–Trinajstić information content (AvgIpc) is 3.43. The maximum absolute atomic E-state index is 6.32. The fourth-order valence-corrected chi connectivity index (χ4v) is 9.36. The van der Waals surface area contributed by atoms with Gasteiger partial charge in [0.05, 0.1) is 26.4 Å². The molecule has 6 rings (SSSR count). The second-order valence-electron chi connectivity index (χ2n) is 11.0. The summed E-state index contributed by atoms with van der Waals surface area (Å²) in [4.78, 5) is 0. The molecule has 6 atom stereocenters. The molecule has 4 nitrogen and oxygen atoms in total. The molecule has 0 aromatic carbocycles. The first-order valence-electron chi connectivity index (χ1n) is 12.1. The van der Waals surface area contributed by atoms with Crippen LogP contribution in [-0.2, 0) is 18.9 Å². The Hall–Kier alpha value is -0.160. The fourth-order valence-electron chi connectivity index (χ4n) is 9.36. The van der Waals surface area contributed by atoms with Gasteiger partial charge in [0.15, 0.2) is 11.6 Å². The second-order valence-corrected chi connectivity index (χ2v) is 11.0. The van der Waals surface area contributed by atoms with Gasteiger partial charge in [0.2, 0.25) is 0 Å². The summed E-state index contributed by atoms with van der Waals surface area (Å²) in [6.45, 7) is 8.14. The highest BCUT2D eigenvalue weighted by Gasteiger charge is 2.68. The normalized spacial score (nSPS) is 51.2. The lowest BCUT2D eigenvalue weighted by Crippen LogP contribution is -2.59. The molecule has 0 aromatic rings. The summed E-state index contributed by atoms with van der Waals surface area (Å²) in [7, 11) is 0. The molecule has 0 bridgehead atoms. The maximum Gasteiger partial charge on any atom is 0.174 e. The highest BCUT2D eigenvalue weighted by Crippen LogP contribution is 2.70. The van der Waals surface area contributed by atoms with Gasteiger partial charge in [-0.25, -0.2) is 0 Å². The number of hydrogen-bond acceptors (Lipinski definition) is 4. The van der Waals surface area contributed by atoms with Crippen molar-refractivity contribution in [3.63, 3.8) is 0 Å². The van der Waals surface area contributed by atoms with E-state index in [4.69, 9.17) is 18.9 Å². The van der Waals surface area contributed by atoms with Gasteiger partial charge in [-0.15, -0.1) is 0 Å². The third-order valence-corrected chi connectivity index (χ3v) is 10.6. The minimum absolute atomic E-state index is 0.222. The van der Waals surface area contributed by atoms with Crippen LogP contribution in [0.1, 0.15) is 78.1 Å². The molecule has 4 heteroatoms. The molecule has 4 aliphatic carbocycles. The van der Waals surface area contributed by atoms with E-state index in [0.717, 1.165) is 69.4 Å². The summed E-state index contributed by atoms with van der Waals surface area (Å²) < 4.78 is 24.9. The number of hydrogen-bond donors (Lipinski definition) is 0. The van der Waals surface area contributed by atoms with E-state index in [1.165, 1.54) is 44.9 Å². The van der Waals surface area contributed by atoms with E-state index in [2.05, 4.69) is 13.8 Å². The third-order valence-electron chi connectivity index (χ3n) is 10.6. The van der Waals surface area contributed by atoms with Crippen LogP contribution in [0.25, 0.3) is 0 Å². The van der Waals surface area contributed by atoms with Crippen LogP contribution in [0.4, 0.5) is 0 Å². The van der Waals surface area contributed by atoms with Gasteiger partial charge in [-0.3, -0.25) is 0 Å². The molecule has 2 aliphatic heterocycles. The van der Waals surface area contributed by atoms with Gasteiger partial charge in [-0.05, 0) is 74.0 Å². The summed E-state index contributed by atoms with van der Waals surface area (Å²) in [5.41, 5.74) is 0.734. The van der Waals surface area contributed by atoms with Gasteiger partial charge in [0.1, 0.15) is 0 Å². The van der Waals surface area contributed by atoms with E-state index in [9.17, 15) is 0 Å². The molecule has 2 spiro atoms. The highest BCUT2D eigenvalue weighted by molar-refractivity contribution is 5.14. The van der Waals surface area contributed by atoms with Crippen LogP contribution in [0.15, 0.2) is 0 Å². The van der Waals surface area contributed by atoms with E-state index in [0.29, 0.717) is 5.41 Å². The maximum atomic E-state index is 6.32. The van der Waals surface area contributed by atoms with Gasteiger partial charge in [-0.2, -0.15) is 0 Å². The largest absolute Gasteiger partial charge is 0.348 e. The molecule has 0 amide bonds. The summed E-state index contributed by atoms with van der Waals surface area (Å²) >= 11 is 0. The van der Waals surface area contributed by atoms with Crippen molar-refractivity contribution < 1.29 is 18.9 Å². The summed E-state index contributed by atoms with van der Waals surface area (Å²) in [5.74, 6) is 2.81. The third kappa shape index (κ3) is 2.22. The lowest BCUT2D eigenvalue weighted by molar-refractivity contribution is -0.260. The Morgan fingerprint density at radius 1 is 0.750 bits per heavy atom. The monoisotopic (exact) mass is 390 g/mol.